The van der Waals surface area contributed by atoms with Crippen molar-refractivity contribution in [2.45, 2.75) is 19.9 Å². The van der Waals surface area contributed by atoms with Crippen LogP contribution in [-0.4, -0.2) is 9.55 Å². The number of nitrogens with one attached hydrogen (secondary N) is 1. The third-order valence-electron chi connectivity index (χ3n) is 3.16. The molecule has 0 aliphatic rings. The third-order valence-corrected chi connectivity index (χ3v) is 3.16. The van der Waals surface area contributed by atoms with E-state index in [0.717, 1.165) is 11.0 Å². The third kappa shape index (κ3) is 4.06. The van der Waals surface area contributed by atoms with E-state index >= 15 is 0 Å². The minimum atomic E-state index is -0.556. The molecule has 1 aromatic carbocycles. The average Bonchev–Trinajstić information content (AvgIpc) is 2.53. The zero-order valence-electron chi connectivity index (χ0n) is 12.7. The molecule has 120 valence electrons. The summed E-state index contributed by atoms with van der Waals surface area (Å²) in [7, 11) is 0. The molecule has 0 saturated carbocycles. The highest BCUT2D eigenvalue weighted by Gasteiger charge is 2.11. The molecule has 5 nitrogen and oxygen atoms in total. The van der Waals surface area contributed by atoms with Crippen LogP contribution in [0.15, 0.2) is 59.0 Å². The van der Waals surface area contributed by atoms with E-state index in [9.17, 15) is 14.0 Å². The van der Waals surface area contributed by atoms with Crippen LogP contribution in [0, 0.1) is 5.82 Å². The second kappa shape index (κ2) is 7.40. The Morgan fingerprint density at radius 3 is 2.70 bits per heavy atom. The van der Waals surface area contributed by atoms with Crippen LogP contribution >= 0.6 is 0 Å². The maximum absolute atomic E-state index is 12.9. The van der Waals surface area contributed by atoms with Crippen molar-refractivity contribution in [2.24, 2.45) is 0 Å². The average molecular weight is 316 g/mol. The van der Waals surface area contributed by atoms with Crippen LogP contribution in [0.1, 0.15) is 24.5 Å². The molecule has 23 heavy (non-hydrogen) atoms. The highest BCUT2D eigenvalue weighted by molar-refractivity contribution is 5.55. The first-order chi connectivity index (χ1) is 11.0. The highest BCUT2D eigenvalue weighted by Crippen LogP contribution is 2.08. The predicted molar refractivity (Wildman–Crippen MR) is 86.4 cm³/mol. The smallest absolute Gasteiger partial charge is 0.328 e. The van der Waals surface area contributed by atoms with Crippen molar-refractivity contribution >= 4 is 5.76 Å². The van der Waals surface area contributed by atoms with Crippen molar-refractivity contribution in [1.82, 2.24) is 9.55 Å². The van der Waals surface area contributed by atoms with Gasteiger partial charge in [0.15, 0.2) is 0 Å². The summed E-state index contributed by atoms with van der Waals surface area (Å²) >= 11 is 0. The van der Waals surface area contributed by atoms with Crippen LogP contribution < -0.4 is 11.2 Å². The van der Waals surface area contributed by atoms with E-state index in [1.807, 2.05) is 6.92 Å². The Morgan fingerprint density at radius 1 is 1.35 bits per heavy atom. The van der Waals surface area contributed by atoms with Gasteiger partial charge in [-0.25, -0.2) is 9.18 Å². The Labute approximate surface area is 132 Å². The number of nitrogens with zero attached hydrogens (tertiary/aromatic N) is 1. The van der Waals surface area contributed by atoms with Crippen LogP contribution in [0.5, 0.6) is 0 Å². The van der Waals surface area contributed by atoms with E-state index in [-0.39, 0.29) is 23.7 Å². The lowest BCUT2D eigenvalue weighted by Gasteiger charge is -2.08. The van der Waals surface area contributed by atoms with E-state index in [2.05, 4.69) is 11.6 Å². The number of H-pyrrole nitrogens is 1. The maximum atomic E-state index is 12.9. The summed E-state index contributed by atoms with van der Waals surface area (Å²) in [6, 6.07) is 5.58. The van der Waals surface area contributed by atoms with Crippen molar-refractivity contribution in [3.05, 3.63) is 87.2 Å². The molecule has 1 heterocycles. The summed E-state index contributed by atoms with van der Waals surface area (Å²) in [5.74, 6) is -0.239. The maximum Gasteiger partial charge on any atom is 0.328 e. The van der Waals surface area contributed by atoms with Crippen molar-refractivity contribution in [3.8, 4) is 0 Å². The standard InChI is InChI=1S/C17H17FN2O3/c1-3-4-9-23-12(2)15-10-19-17(22)20(16(15)21)11-13-5-7-14(18)8-6-13/h4-10H,2-3,11H2,1H3,(H,19,22)/b9-4-. The second-order valence-corrected chi connectivity index (χ2v) is 4.85. The first-order valence-electron chi connectivity index (χ1n) is 7.11. The van der Waals surface area contributed by atoms with Crippen LogP contribution in [0.3, 0.4) is 0 Å². The molecule has 0 aliphatic heterocycles. The zero-order chi connectivity index (χ0) is 16.8. The Kier molecular flexibility index (Phi) is 5.30. The molecule has 0 unspecified atom stereocenters. The molecule has 2 rings (SSSR count). The van der Waals surface area contributed by atoms with Gasteiger partial charge in [0.05, 0.1) is 18.4 Å². The number of ether oxygens (including phenoxy) is 1. The molecule has 0 saturated heterocycles. The normalized spacial score (nSPS) is 10.9. The van der Waals surface area contributed by atoms with Crippen molar-refractivity contribution < 1.29 is 9.13 Å². The molecule has 0 amide bonds. The number of aromatic amines is 1. The zero-order valence-corrected chi connectivity index (χ0v) is 12.7. The lowest BCUT2D eigenvalue weighted by Crippen LogP contribution is -2.36. The lowest BCUT2D eigenvalue weighted by atomic mass is 10.2. The quantitative estimate of drug-likeness (QED) is 0.833. The van der Waals surface area contributed by atoms with E-state index in [1.165, 1.54) is 36.7 Å². The monoisotopic (exact) mass is 316 g/mol. The minimum absolute atomic E-state index is 0.0281. The lowest BCUT2D eigenvalue weighted by molar-refractivity contribution is 0.434. The van der Waals surface area contributed by atoms with E-state index < -0.39 is 11.2 Å². The largest absolute Gasteiger partial charge is 0.465 e. The van der Waals surface area contributed by atoms with Gasteiger partial charge in [-0.3, -0.25) is 9.36 Å². The van der Waals surface area contributed by atoms with Crippen LogP contribution in [0.25, 0.3) is 5.76 Å². The molecule has 1 aromatic heterocycles. The van der Waals surface area contributed by atoms with E-state index in [0.29, 0.717) is 5.56 Å². The summed E-state index contributed by atoms with van der Waals surface area (Å²) in [5.41, 5.74) is -0.283. The van der Waals surface area contributed by atoms with Gasteiger partial charge in [0.1, 0.15) is 11.6 Å². The fraction of sp³-hybridized carbons (Fsp3) is 0.176. The summed E-state index contributed by atoms with van der Waals surface area (Å²) in [5, 5.41) is 0. The summed E-state index contributed by atoms with van der Waals surface area (Å²) in [4.78, 5) is 26.8. The molecular weight excluding hydrogens is 299 g/mol. The Bertz CT molecular complexity index is 832. The second-order valence-electron chi connectivity index (χ2n) is 4.85. The molecule has 0 aliphatic carbocycles. The van der Waals surface area contributed by atoms with Crippen molar-refractivity contribution in [2.75, 3.05) is 0 Å². The number of benzene rings is 1. The first kappa shape index (κ1) is 16.5. The molecular formula is C17H17FN2O3. The predicted octanol–water partition coefficient (Wildman–Crippen LogP) is 2.64. The Morgan fingerprint density at radius 2 is 2.04 bits per heavy atom. The first-order valence-corrected chi connectivity index (χ1v) is 7.11. The summed E-state index contributed by atoms with van der Waals surface area (Å²) in [6.45, 7) is 5.66. The van der Waals surface area contributed by atoms with Gasteiger partial charge in [0, 0.05) is 6.20 Å². The number of hydrogen-bond acceptors (Lipinski definition) is 3. The van der Waals surface area contributed by atoms with E-state index in [4.69, 9.17) is 4.74 Å². The van der Waals surface area contributed by atoms with Gasteiger partial charge >= 0.3 is 5.69 Å². The number of allylic oxidation sites excluding steroid dienone is 1. The number of aromatic nitrogens is 2. The molecule has 0 spiro atoms. The topological polar surface area (TPSA) is 64.1 Å². The fourth-order valence-corrected chi connectivity index (χ4v) is 1.92. The highest BCUT2D eigenvalue weighted by atomic mass is 19.1. The number of rotatable bonds is 6. The SMILES string of the molecule is C=C(O/C=C\CC)c1c[nH]c(=O)n(Cc2ccc(F)cc2)c1=O. The van der Waals surface area contributed by atoms with Crippen molar-refractivity contribution in [1.29, 1.82) is 0 Å². The molecule has 1 N–H and O–H groups in total. The molecule has 0 radical (unpaired) electrons. The molecule has 6 heteroatoms. The summed E-state index contributed by atoms with van der Waals surface area (Å²) in [6.07, 6.45) is 5.27. The molecule has 0 atom stereocenters. The van der Waals surface area contributed by atoms with Crippen LogP contribution in [-0.2, 0) is 11.3 Å². The van der Waals surface area contributed by atoms with Gasteiger partial charge in [0.25, 0.3) is 5.56 Å². The van der Waals surface area contributed by atoms with Gasteiger partial charge in [0.2, 0.25) is 0 Å². The van der Waals surface area contributed by atoms with Gasteiger partial charge in [-0.05, 0) is 30.2 Å². The minimum Gasteiger partial charge on any atom is -0.465 e. The number of halogens is 1. The van der Waals surface area contributed by atoms with Crippen molar-refractivity contribution in [3.63, 3.8) is 0 Å². The fourth-order valence-electron chi connectivity index (χ4n) is 1.92. The van der Waals surface area contributed by atoms with Crippen LogP contribution in [0.2, 0.25) is 0 Å². The summed E-state index contributed by atoms with van der Waals surface area (Å²) < 4.78 is 19.2. The van der Waals surface area contributed by atoms with Crippen LogP contribution in [0.4, 0.5) is 4.39 Å². The van der Waals surface area contributed by atoms with Gasteiger partial charge in [-0.1, -0.05) is 25.6 Å². The molecule has 0 bridgehead atoms. The Hall–Kier alpha value is -2.89. The van der Waals surface area contributed by atoms with Gasteiger partial charge in [-0.15, -0.1) is 0 Å². The molecule has 0 fully saturated rings. The molecule has 2 aromatic rings. The van der Waals surface area contributed by atoms with Gasteiger partial charge in [-0.2, -0.15) is 0 Å². The van der Waals surface area contributed by atoms with E-state index in [1.54, 1.807) is 6.08 Å². The Balaban J connectivity index is 2.33. The van der Waals surface area contributed by atoms with Gasteiger partial charge < -0.3 is 9.72 Å². The number of hydrogen-bond donors (Lipinski definition) is 1.